The molecule has 82 valence electrons. The number of rotatable bonds is 2. The number of halogens is 2. The Morgan fingerprint density at radius 1 is 1.60 bits per heavy atom. The summed E-state index contributed by atoms with van der Waals surface area (Å²) < 4.78 is 1.24. The fourth-order valence-corrected chi connectivity index (χ4v) is 4.25. The van der Waals surface area contributed by atoms with E-state index in [4.69, 9.17) is 28.3 Å². The second kappa shape index (κ2) is 4.51. The number of thiophene rings is 1. The number of aliphatic carboxylic acids is 1. The van der Waals surface area contributed by atoms with Gasteiger partial charge < -0.3 is 5.11 Å². The Morgan fingerprint density at radius 3 is 2.80 bits per heavy atom. The Hall–Kier alpha value is 0.0600. The molecule has 2 atom stereocenters. The number of carbonyl (C=O) groups is 1. The van der Waals surface area contributed by atoms with E-state index in [1.54, 1.807) is 6.07 Å². The van der Waals surface area contributed by atoms with Gasteiger partial charge in [0.15, 0.2) is 0 Å². The zero-order chi connectivity index (χ0) is 11.0. The van der Waals surface area contributed by atoms with Crippen LogP contribution in [0.3, 0.4) is 0 Å². The smallest absolute Gasteiger partial charge is 0.321 e. The lowest BCUT2D eigenvalue weighted by molar-refractivity contribution is -0.138. The molecule has 0 aromatic carbocycles. The van der Waals surface area contributed by atoms with Crippen molar-refractivity contribution in [1.29, 1.82) is 0 Å². The first kappa shape index (κ1) is 11.5. The van der Waals surface area contributed by atoms with Gasteiger partial charge in [-0.1, -0.05) is 23.2 Å². The van der Waals surface area contributed by atoms with Gasteiger partial charge in [-0.3, -0.25) is 10.1 Å². The lowest BCUT2D eigenvalue weighted by Gasteiger charge is -2.09. The van der Waals surface area contributed by atoms with E-state index in [1.807, 2.05) is 0 Å². The molecule has 1 fully saturated rings. The molecule has 3 nitrogen and oxygen atoms in total. The third-order valence-corrected chi connectivity index (χ3v) is 4.81. The van der Waals surface area contributed by atoms with Gasteiger partial charge in [0.05, 0.1) is 9.71 Å². The van der Waals surface area contributed by atoms with Gasteiger partial charge in [0.2, 0.25) is 0 Å². The van der Waals surface area contributed by atoms with Gasteiger partial charge in [-0.15, -0.1) is 23.1 Å². The summed E-state index contributed by atoms with van der Waals surface area (Å²) in [6, 6.07) is 1.28. The Balaban J connectivity index is 2.14. The highest BCUT2D eigenvalue weighted by Gasteiger charge is 2.32. The average molecular weight is 284 g/mol. The SMILES string of the molecule is O=C(O)C1CSC(c2cc(Cl)sc2Cl)N1. The van der Waals surface area contributed by atoms with E-state index in [9.17, 15) is 4.79 Å². The summed E-state index contributed by atoms with van der Waals surface area (Å²) in [5.74, 6) is -0.286. The van der Waals surface area contributed by atoms with Crippen LogP contribution >= 0.6 is 46.3 Å². The van der Waals surface area contributed by atoms with E-state index in [0.29, 0.717) is 14.4 Å². The summed E-state index contributed by atoms with van der Waals surface area (Å²) in [5, 5.41) is 11.7. The van der Waals surface area contributed by atoms with Gasteiger partial charge in [0, 0.05) is 11.3 Å². The van der Waals surface area contributed by atoms with Crippen LogP contribution in [0.25, 0.3) is 0 Å². The van der Waals surface area contributed by atoms with Crippen LogP contribution in [0.5, 0.6) is 0 Å². The van der Waals surface area contributed by atoms with Crippen molar-refractivity contribution in [3.05, 3.63) is 20.3 Å². The second-order valence-corrected chi connectivity index (χ2v) is 6.47. The van der Waals surface area contributed by atoms with E-state index >= 15 is 0 Å². The minimum atomic E-state index is -0.831. The van der Waals surface area contributed by atoms with E-state index in [2.05, 4.69) is 5.32 Å². The largest absolute Gasteiger partial charge is 0.480 e. The third kappa shape index (κ3) is 2.42. The molecule has 2 N–H and O–H groups in total. The molecule has 1 aromatic heterocycles. The topological polar surface area (TPSA) is 49.3 Å². The molecular weight excluding hydrogens is 277 g/mol. The van der Waals surface area contributed by atoms with Gasteiger partial charge >= 0.3 is 5.97 Å². The quantitative estimate of drug-likeness (QED) is 0.876. The van der Waals surface area contributed by atoms with Gasteiger partial charge in [-0.25, -0.2) is 0 Å². The van der Waals surface area contributed by atoms with Crippen LogP contribution in [0.2, 0.25) is 8.67 Å². The summed E-state index contributed by atoms with van der Waals surface area (Å²) in [5.41, 5.74) is 0.875. The third-order valence-electron chi connectivity index (χ3n) is 2.05. The monoisotopic (exact) mass is 283 g/mol. The number of nitrogens with one attached hydrogen (secondary N) is 1. The van der Waals surface area contributed by atoms with Gasteiger partial charge in [0.25, 0.3) is 0 Å². The molecule has 0 radical (unpaired) electrons. The molecule has 0 spiro atoms. The predicted molar refractivity (Wildman–Crippen MR) is 64.1 cm³/mol. The molecule has 15 heavy (non-hydrogen) atoms. The average Bonchev–Trinajstić information content (AvgIpc) is 2.71. The van der Waals surface area contributed by atoms with Crippen molar-refractivity contribution in [3.8, 4) is 0 Å². The van der Waals surface area contributed by atoms with Crippen molar-refractivity contribution in [1.82, 2.24) is 5.32 Å². The molecule has 1 aliphatic heterocycles. The first-order valence-corrected chi connectivity index (χ1v) is 6.75. The van der Waals surface area contributed by atoms with Crippen molar-refractivity contribution in [3.63, 3.8) is 0 Å². The van der Waals surface area contributed by atoms with Gasteiger partial charge in [0.1, 0.15) is 10.4 Å². The molecule has 0 saturated carbocycles. The van der Waals surface area contributed by atoms with Crippen LogP contribution < -0.4 is 5.32 Å². The maximum atomic E-state index is 10.7. The summed E-state index contributed by atoms with van der Waals surface area (Å²) in [7, 11) is 0. The van der Waals surface area contributed by atoms with Crippen molar-refractivity contribution in [2.24, 2.45) is 0 Å². The van der Waals surface area contributed by atoms with Crippen molar-refractivity contribution in [2.45, 2.75) is 11.4 Å². The lowest BCUT2D eigenvalue weighted by Crippen LogP contribution is -2.33. The van der Waals surface area contributed by atoms with Crippen LogP contribution in [0.4, 0.5) is 0 Å². The van der Waals surface area contributed by atoms with Crippen molar-refractivity contribution >= 4 is 52.3 Å². The van der Waals surface area contributed by atoms with E-state index in [1.165, 1.54) is 23.1 Å². The molecule has 1 aromatic rings. The van der Waals surface area contributed by atoms with E-state index in [0.717, 1.165) is 5.56 Å². The molecular formula is C8H7Cl2NO2S2. The fourth-order valence-electron chi connectivity index (χ4n) is 1.33. The zero-order valence-corrected chi connectivity index (χ0v) is 10.5. The van der Waals surface area contributed by atoms with E-state index in [-0.39, 0.29) is 5.37 Å². The zero-order valence-electron chi connectivity index (χ0n) is 7.37. The predicted octanol–water partition coefficient (Wildman–Crippen LogP) is 2.84. The summed E-state index contributed by atoms with van der Waals surface area (Å²) in [6.45, 7) is 0. The minimum absolute atomic E-state index is 0.0673. The molecule has 0 aliphatic carbocycles. The van der Waals surface area contributed by atoms with Crippen LogP contribution in [0, 0.1) is 0 Å². The van der Waals surface area contributed by atoms with Gasteiger partial charge in [-0.2, -0.15) is 0 Å². The minimum Gasteiger partial charge on any atom is -0.480 e. The second-order valence-electron chi connectivity index (χ2n) is 3.05. The van der Waals surface area contributed by atoms with Crippen LogP contribution in [0.1, 0.15) is 10.9 Å². The number of carboxylic acids is 1. The number of carboxylic acid groups (broad SMARTS) is 1. The molecule has 7 heteroatoms. The fraction of sp³-hybridized carbons (Fsp3) is 0.375. The Labute approximate surface area is 105 Å². The molecule has 0 amide bonds. The van der Waals surface area contributed by atoms with Crippen molar-refractivity contribution in [2.75, 3.05) is 5.75 Å². The normalized spacial score (nSPS) is 25.7. The maximum absolute atomic E-state index is 10.7. The molecule has 1 saturated heterocycles. The summed E-state index contributed by atoms with van der Waals surface area (Å²) in [6.07, 6.45) is 0. The molecule has 2 rings (SSSR count). The van der Waals surface area contributed by atoms with Crippen LogP contribution in [-0.2, 0) is 4.79 Å². The van der Waals surface area contributed by atoms with E-state index < -0.39 is 12.0 Å². The van der Waals surface area contributed by atoms with Gasteiger partial charge in [-0.05, 0) is 6.07 Å². The Bertz CT molecular complexity index is 396. The number of thioether (sulfide) groups is 1. The standard InChI is InChI=1S/C8H7Cl2NO2S2/c9-5-1-3(6(10)15-5)7-11-4(2-14-7)8(12)13/h1,4,7,11H,2H2,(H,12,13). The number of hydrogen-bond acceptors (Lipinski definition) is 4. The molecule has 0 bridgehead atoms. The molecule has 2 unspecified atom stereocenters. The Kier molecular flexibility index (Phi) is 3.47. The van der Waals surface area contributed by atoms with Crippen LogP contribution in [-0.4, -0.2) is 22.9 Å². The van der Waals surface area contributed by atoms with Crippen molar-refractivity contribution < 1.29 is 9.90 Å². The highest BCUT2D eigenvalue weighted by molar-refractivity contribution is 7.99. The van der Waals surface area contributed by atoms with Crippen LogP contribution in [0.15, 0.2) is 6.07 Å². The lowest BCUT2D eigenvalue weighted by atomic mass is 10.3. The first-order valence-electron chi connectivity index (χ1n) is 4.13. The summed E-state index contributed by atoms with van der Waals surface area (Å²) >= 11 is 14.6. The first-order chi connectivity index (χ1) is 7.08. The number of hydrogen-bond donors (Lipinski definition) is 2. The molecule has 2 heterocycles. The Morgan fingerprint density at radius 2 is 2.33 bits per heavy atom. The highest BCUT2D eigenvalue weighted by atomic mass is 35.5. The maximum Gasteiger partial charge on any atom is 0.321 e. The highest BCUT2D eigenvalue weighted by Crippen LogP contribution is 2.41. The summed E-state index contributed by atoms with van der Waals surface area (Å²) in [4.78, 5) is 10.7. The molecule has 1 aliphatic rings.